The molecule has 1 amide bonds. The molecule has 0 saturated carbocycles. The lowest BCUT2D eigenvalue weighted by molar-refractivity contribution is -0.384. The topological polar surface area (TPSA) is 84.3 Å². The minimum atomic E-state index is -0.631. The molecule has 0 aliphatic carbocycles. The van der Waals surface area contributed by atoms with Gasteiger partial charge in [0.15, 0.2) is 0 Å². The molecule has 0 heterocycles. The molecular formula is C14H12FN3O3. The lowest BCUT2D eigenvalue weighted by Gasteiger charge is -2.10. The van der Waals surface area contributed by atoms with E-state index in [1.54, 1.807) is 13.1 Å². The number of halogens is 1. The number of carbonyl (C=O) groups is 1. The van der Waals surface area contributed by atoms with Crippen LogP contribution in [-0.4, -0.2) is 17.9 Å². The Morgan fingerprint density at radius 3 is 2.52 bits per heavy atom. The lowest BCUT2D eigenvalue weighted by atomic mass is 10.1. The predicted molar refractivity (Wildman–Crippen MR) is 77.0 cm³/mol. The Labute approximate surface area is 119 Å². The van der Waals surface area contributed by atoms with E-state index in [1.165, 1.54) is 30.3 Å². The van der Waals surface area contributed by atoms with Crippen molar-refractivity contribution in [1.82, 2.24) is 0 Å². The van der Waals surface area contributed by atoms with Crippen LogP contribution in [0.3, 0.4) is 0 Å². The summed E-state index contributed by atoms with van der Waals surface area (Å²) in [5.41, 5.74) is 0.271. The number of para-hydroxylation sites is 1. The van der Waals surface area contributed by atoms with Gasteiger partial charge in [0.25, 0.3) is 11.6 Å². The number of non-ortho nitro benzene ring substituents is 1. The summed E-state index contributed by atoms with van der Waals surface area (Å²) in [6.07, 6.45) is 0. The van der Waals surface area contributed by atoms with Crippen LogP contribution in [-0.2, 0) is 0 Å². The largest absolute Gasteiger partial charge is 0.387 e. The third-order valence-corrected chi connectivity index (χ3v) is 2.85. The Bertz CT molecular complexity index is 704. The van der Waals surface area contributed by atoms with Crippen LogP contribution >= 0.6 is 0 Å². The van der Waals surface area contributed by atoms with Crippen molar-refractivity contribution in [2.45, 2.75) is 0 Å². The number of rotatable bonds is 4. The SMILES string of the molecule is CNc1ccc([N+](=O)[O-])cc1C(=O)Nc1ccccc1F. The number of nitrogens with one attached hydrogen (secondary N) is 2. The highest BCUT2D eigenvalue weighted by Gasteiger charge is 2.17. The van der Waals surface area contributed by atoms with Gasteiger partial charge in [-0.25, -0.2) is 4.39 Å². The molecule has 2 aromatic rings. The Hall–Kier alpha value is -2.96. The van der Waals surface area contributed by atoms with Crippen molar-refractivity contribution in [3.63, 3.8) is 0 Å². The van der Waals surface area contributed by atoms with Crippen molar-refractivity contribution >= 4 is 23.0 Å². The summed E-state index contributed by atoms with van der Waals surface area (Å²) >= 11 is 0. The first-order chi connectivity index (χ1) is 10.0. The van der Waals surface area contributed by atoms with E-state index in [0.29, 0.717) is 5.69 Å². The normalized spacial score (nSPS) is 10.0. The van der Waals surface area contributed by atoms with Crippen LogP contribution in [0.5, 0.6) is 0 Å². The quantitative estimate of drug-likeness (QED) is 0.669. The average molecular weight is 289 g/mol. The van der Waals surface area contributed by atoms with Crippen LogP contribution in [0.25, 0.3) is 0 Å². The van der Waals surface area contributed by atoms with Crippen molar-refractivity contribution in [1.29, 1.82) is 0 Å². The number of nitrogens with zero attached hydrogens (tertiary/aromatic N) is 1. The maximum absolute atomic E-state index is 13.5. The number of nitro groups is 1. The predicted octanol–water partition coefficient (Wildman–Crippen LogP) is 3.03. The van der Waals surface area contributed by atoms with Crippen LogP contribution in [0, 0.1) is 15.9 Å². The molecule has 0 spiro atoms. The standard InChI is InChI=1S/C14H12FN3O3/c1-16-12-7-6-9(18(20)21)8-10(12)14(19)17-13-5-3-2-4-11(13)15/h2-8,16H,1H3,(H,17,19). The minimum absolute atomic E-state index is 0.0102. The molecule has 6 nitrogen and oxygen atoms in total. The fourth-order valence-electron chi connectivity index (χ4n) is 1.80. The monoisotopic (exact) mass is 289 g/mol. The molecule has 0 saturated heterocycles. The molecule has 108 valence electrons. The van der Waals surface area contributed by atoms with Crippen molar-refractivity contribution in [3.8, 4) is 0 Å². The number of hydrogen-bond donors (Lipinski definition) is 2. The smallest absolute Gasteiger partial charge is 0.270 e. The van der Waals surface area contributed by atoms with Gasteiger partial charge < -0.3 is 10.6 Å². The maximum Gasteiger partial charge on any atom is 0.270 e. The first-order valence-corrected chi connectivity index (χ1v) is 6.05. The Morgan fingerprint density at radius 1 is 1.19 bits per heavy atom. The second-order valence-corrected chi connectivity index (χ2v) is 4.17. The van der Waals surface area contributed by atoms with Crippen LogP contribution in [0.1, 0.15) is 10.4 Å². The third kappa shape index (κ3) is 3.14. The van der Waals surface area contributed by atoms with Gasteiger partial charge in [-0.3, -0.25) is 14.9 Å². The van der Waals surface area contributed by atoms with Gasteiger partial charge in [-0.2, -0.15) is 0 Å². The lowest BCUT2D eigenvalue weighted by Crippen LogP contribution is -2.15. The zero-order valence-electron chi connectivity index (χ0n) is 11.1. The van der Waals surface area contributed by atoms with Gasteiger partial charge in [0.2, 0.25) is 0 Å². The second-order valence-electron chi connectivity index (χ2n) is 4.17. The van der Waals surface area contributed by atoms with Gasteiger partial charge >= 0.3 is 0 Å². The maximum atomic E-state index is 13.5. The first kappa shape index (κ1) is 14.4. The number of nitro benzene ring substituents is 1. The Balaban J connectivity index is 2.36. The molecule has 2 aromatic carbocycles. The molecule has 2 rings (SSSR count). The van der Waals surface area contributed by atoms with Crippen molar-refractivity contribution < 1.29 is 14.1 Å². The highest BCUT2D eigenvalue weighted by atomic mass is 19.1. The van der Waals surface area contributed by atoms with Gasteiger partial charge in [-0.15, -0.1) is 0 Å². The van der Waals surface area contributed by atoms with Crippen LogP contribution in [0.15, 0.2) is 42.5 Å². The minimum Gasteiger partial charge on any atom is -0.387 e. The average Bonchev–Trinajstić information content (AvgIpc) is 2.48. The van der Waals surface area contributed by atoms with Gasteiger partial charge in [-0.05, 0) is 18.2 Å². The molecule has 0 aromatic heterocycles. The second kappa shape index (κ2) is 6.00. The molecule has 21 heavy (non-hydrogen) atoms. The fourth-order valence-corrected chi connectivity index (χ4v) is 1.80. The third-order valence-electron chi connectivity index (χ3n) is 2.85. The molecule has 0 aliphatic rings. The number of benzene rings is 2. The van der Waals surface area contributed by atoms with Crippen molar-refractivity contribution in [2.24, 2.45) is 0 Å². The molecule has 0 radical (unpaired) electrons. The zero-order valence-corrected chi connectivity index (χ0v) is 11.1. The van der Waals surface area contributed by atoms with Crippen molar-refractivity contribution in [2.75, 3.05) is 17.7 Å². The molecule has 0 aliphatic heterocycles. The van der Waals surface area contributed by atoms with Crippen LogP contribution in [0.4, 0.5) is 21.5 Å². The van der Waals surface area contributed by atoms with E-state index in [9.17, 15) is 19.3 Å². The molecule has 0 atom stereocenters. The summed E-state index contributed by atoms with van der Waals surface area (Å²) in [4.78, 5) is 22.4. The van der Waals surface area contributed by atoms with E-state index in [-0.39, 0.29) is 16.9 Å². The summed E-state index contributed by atoms with van der Waals surface area (Å²) in [6, 6.07) is 9.54. The Morgan fingerprint density at radius 2 is 1.90 bits per heavy atom. The summed E-state index contributed by atoms with van der Waals surface area (Å²) in [5.74, 6) is -1.21. The molecule has 0 fully saturated rings. The van der Waals surface area contributed by atoms with Gasteiger partial charge in [0.05, 0.1) is 16.2 Å². The number of carbonyl (C=O) groups excluding carboxylic acids is 1. The van der Waals surface area contributed by atoms with Crippen molar-refractivity contribution in [3.05, 3.63) is 64.0 Å². The van der Waals surface area contributed by atoms with E-state index >= 15 is 0 Å². The van der Waals surface area contributed by atoms with E-state index in [2.05, 4.69) is 10.6 Å². The molecular weight excluding hydrogens is 277 g/mol. The highest BCUT2D eigenvalue weighted by Crippen LogP contribution is 2.23. The van der Waals surface area contributed by atoms with E-state index in [4.69, 9.17) is 0 Å². The van der Waals surface area contributed by atoms with Gasteiger partial charge in [0, 0.05) is 24.9 Å². The van der Waals surface area contributed by atoms with E-state index < -0.39 is 16.6 Å². The number of hydrogen-bond acceptors (Lipinski definition) is 4. The molecule has 7 heteroatoms. The zero-order chi connectivity index (χ0) is 15.4. The van der Waals surface area contributed by atoms with Gasteiger partial charge in [-0.1, -0.05) is 12.1 Å². The Kier molecular flexibility index (Phi) is 4.13. The summed E-state index contributed by atoms with van der Waals surface area (Å²) in [5, 5.41) is 15.9. The number of amides is 1. The highest BCUT2D eigenvalue weighted by molar-refractivity contribution is 6.08. The molecule has 0 unspecified atom stereocenters. The number of anilines is 2. The fraction of sp³-hybridized carbons (Fsp3) is 0.0714. The van der Waals surface area contributed by atoms with Crippen LogP contribution < -0.4 is 10.6 Å². The van der Waals surface area contributed by atoms with Gasteiger partial charge in [0.1, 0.15) is 5.82 Å². The summed E-state index contributed by atoms with van der Waals surface area (Å²) in [6.45, 7) is 0. The first-order valence-electron chi connectivity index (χ1n) is 6.05. The van der Waals surface area contributed by atoms with Crippen LogP contribution in [0.2, 0.25) is 0 Å². The molecule has 2 N–H and O–H groups in total. The van der Waals surface area contributed by atoms with E-state index in [1.807, 2.05) is 0 Å². The summed E-state index contributed by atoms with van der Waals surface area (Å²) in [7, 11) is 1.58. The van der Waals surface area contributed by atoms with E-state index in [0.717, 1.165) is 6.07 Å². The summed E-state index contributed by atoms with van der Waals surface area (Å²) < 4.78 is 13.5. The molecule has 0 bridgehead atoms.